The Morgan fingerprint density at radius 1 is 0.850 bits per heavy atom. The minimum absolute atomic E-state index is 0.0455. The van der Waals surface area contributed by atoms with Crippen LogP contribution in [0.15, 0.2) is 95.5 Å². The van der Waals surface area contributed by atoms with Gasteiger partial charge in [-0.1, -0.05) is 36.4 Å². The van der Waals surface area contributed by atoms with Crippen molar-refractivity contribution in [1.29, 1.82) is 0 Å². The van der Waals surface area contributed by atoms with Crippen LogP contribution < -0.4 is 24.8 Å². The number of benzene rings is 3. The minimum Gasteiger partial charge on any atom is -0.497 e. The minimum atomic E-state index is -0.441. The molecule has 3 aromatic carbocycles. The number of hydrogen-bond acceptors (Lipinski definition) is 8. The van der Waals surface area contributed by atoms with E-state index in [2.05, 4.69) is 10.6 Å². The van der Waals surface area contributed by atoms with E-state index >= 15 is 0 Å². The Morgan fingerprint density at radius 2 is 1.62 bits per heavy atom. The third-order valence-corrected chi connectivity index (χ3v) is 8.19. The normalized spacial score (nSPS) is 18.0. The number of thiophene rings is 1. The molecule has 0 bridgehead atoms. The first-order valence-corrected chi connectivity index (χ1v) is 13.9. The van der Waals surface area contributed by atoms with E-state index in [-0.39, 0.29) is 11.7 Å². The van der Waals surface area contributed by atoms with E-state index in [1.54, 1.807) is 25.3 Å². The quantitative estimate of drug-likeness (QED) is 0.197. The van der Waals surface area contributed by atoms with Crippen LogP contribution in [0.2, 0.25) is 0 Å². The number of carbonyl (C=O) groups excluding carboxylic acids is 2. The molecule has 2 N–H and O–H groups in total. The third-order valence-electron chi connectivity index (χ3n) is 7.34. The lowest BCUT2D eigenvalue weighted by Crippen LogP contribution is -2.27. The van der Waals surface area contributed by atoms with Crippen molar-refractivity contribution in [2.24, 2.45) is 0 Å². The van der Waals surface area contributed by atoms with Crippen LogP contribution in [0.5, 0.6) is 17.2 Å². The maximum Gasteiger partial charge on any atom is 0.353 e. The highest BCUT2D eigenvalue weighted by molar-refractivity contribution is 7.12. The van der Waals surface area contributed by atoms with Crippen molar-refractivity contribution in [3.8, 4) is 17.2 Å². The molecule has 0 saturated carbocycles. The molecule has 1 aromatic heterocycles. The number of carbonyl (C=O) groups is 2. The first-order valence-electron chi connectivity index (χ1n) is 13.0. The number of nitrogens with one attached hydrogen (secondary N) is 2. The molecule has 0 saturated heterocycles. The number of Topliss-reactive ketones (excluding diaryl/α,β-unsaturated/α-hetero) is 1. The summed E-state index contributed by atoms with van der Waals surface area (Å²) < 4.78 is 16.6. The van der Waals surface area contributed by atoms with Gasteiger partial charge in [0.05, 0.1) is 31.6 Å². The standard InChI is InChI=1S/C32H28N2O5S/c1-37-22-12-9-19(10-13-22)21-16-25-30(26(35)17-21)31(34-24-7-4-3-6-23(24)33-25)20-11-14-27(28(18-20)38-2)39-32(36)29-8-5-15-40-29/h3-15,18,21,31,33-34H,16-17H2,1-2H3/t21-,31-/m1/s1. The molecular weight excluding hydrogens is 524 g/mol. The molecule has 0 spiro atoms. The number of rotatable bonds is 6. The van der Waals surface area contributed by atoms with Crippen LogP contribution in [0.3, 0.4) is 0 Å². The van der Waals surface area contributed by atoms with Gasteiger partial charge in [0.25, 0.3) is 0 Å². The number of esters is 1. The molecule has 1 aliphatic heterocycles. The second-order valence-corrected chi connectivity index (χ2v) is 10.7. The summed E-state index contributed by atoms with van der Waals surface area (Å²) in [6.07, 6.45) is 1.09. The highest BCUT2D eigenvalue weighted by Gasteiger charge is 2.36. The van der Waals surface area contributed by atoms with E-state index in [9.17, 15) is 9.59 Å². The van der Waals surface area contributed by atoms with Crippen molar-refractivity contribution < 1.29 is 23.8 Å². The van der Waals surface area contributed by atoms with Gasteiger partial charge in [0.15, 0.2) is 17.3 Å². The van der Waals surface area contributed by atoms with Crippen LogP contribution in [0.25, 0.3) is 0 Å². The number of allylic oxidation sites excluding steroid dienone is 1. The average molecular weight is 553 g/mol. The van der Waals surface area contributed by atoms with Crippen LogP contribution >= 0.6 is 11.3 Å². The van der Waals surface area contributed by atoms with Gasteiger partial charge < -0.3 is 24.8 Å². The first kappa shape index (κ1) is 25.7. The maximum absolute atomic E-state index is 13.9. The van der Waals surface area contributed by atoms with Crippen LogP contribution in [0, 0.1) is 0 Å². The maximum atomic E-state index is 13.9. The predicted octanol–water partition coefficient (Wildman–Crippen LogP) is 6.96. The summed E-state index contributed by atoms with van der Waals surface area (Å²) in [6, 6.07) is 24.4. The van der Waals surface area contributed by atoms with Crippen molar-refractivity contribution >= 4 is 34.5 Å². The zero-order valence-corrected chi connectivity index (χ0v) is 22.9. The molecule has 0 unspecified atom stereocenters. The lowest BCUT2D eigenvalue weighted by atomic mass is 9.78. The molecule has 6 rings (SSSR count). The number of fused-ring (bicyclic) bond motifs is 1. The molecule has 7 nitrogen and oxygen atoms in total. The number of ketones is 1. The SMILES string of the molecule is COc1ccc([C@H]2CC(=O)C3=C(C2)Nc2ccccc2N[C@@H]3c2ccc(OC(=O)c3cccs3)c(OC)c2)cc1. The molecule has 2 heterocycles. The van der Waals surface area contributed by atoms with Crippen molar-refractivity contribution in [2.75, 3.05) is 24.9 Å². The predicted molar refractivity (Wildman–Crippen MR) is 156 cm³/mol. The van der Waals surface area contributed by atoms with Gasteiger partial charge >= 0.3 is 5.97 Å². The number of hydrogen-bond donors (Lipinski definition) is 2. The van der Waals surface area contributed by atoms with Gasteiger partial charge in [-0.05, 0) is 71.3 Å². The van der Waals surface area contributed by atoms with Crippen molar-refractivity contribution in [1.82, 2.24) is 0 Å². The first-order chi connectivity index (χ1) is 19.5. The molecule has 1 aliphatic carbocycles. The Bertz CT molecular complexity index is 1590. The number of para-hydroxylation sites is 2. The van der Waals surface area contributed by atoms with Crippen LogP contribution in [0.4, 0.5) is 11.4 Å². The number of anilines is 2. The van der Waals surface area contributed by atoms with Gasteiger partial charge in [-0.15, -0.1) is 11.3 Å². The summed E-state index contributed by atoms with van der Waals surface area (Å²) in [5.74, 6) is 1.20. The molecule has 202 valence electrons. The average Bonchev–Trinajstić information content (AvgIpc) is 3.47. The molecule has 8 heteroatoms. The summed E-state index contributed by atoms with van der Waals surface area (Å²) >= 11 is 1.32. The van der Waals surface area contributed by atoms with Gasteiger partial charge in [-0.3, -0.25) is 4.79 Å². The summed E-state index contributed by atoms with van der Waals surface area (Å²) in [5.41, 5.74) is 5.33. The Labute approximate surface area is 236 Å². The Kier molecular flexibility index (Phi) is 7.00. The van der Waals surface area contributed by atoms with E-state index in [0.717, 1.165) is 33.9 Å². The number of methoxy groups -OCH3 is 2. The molecule has 0 fully saturated rings. The summed E-state index contributed by atoms with van der Waals surface area (Å²) in [6.45, 7) is 0. The Hall–Kier alpha value is -4.56. The van der Waals surface area contributed by atoms with Gasteiger partial charge in [0.2, 0.25) is 0 Å². The third kappa shape index (κ3) is 4.94. The van der Waals surface area contributed by atoms with Crippen molar-refractivity contribution in [3.63, 3.8) is 0 Å². The highest BCUT2D eigenvalue weighted by atomic mass is 32.1. The smallest absolute Gasteiger partial charge is 0.353 e. The van der Waals surface area contributed by atoms with E-state index < -0.39 is 12.0 Å². The fraction of sp³-hybridized carbons (Fsp3) is 0.188. The zero-order chi connectivity index (χ0) is 27.6. The molecule has 2 aliphatic rings. The topological polar surface area (TPSA) is 85.9 Å². The van der Waals surface area contributed by atoms with Gasteiger partial charge in [0, 0.05) is 17.7 Å². The molecule has 4 aromatic rings. The summed E-state index contributed by atoms with van der Waals surface area (Å²) in [4.78, 5) is 26.9. The van der Waals surface area contributed by atoms with Crippen molar-refractivity contribution in [3.05, 3.63) is 112 Å². The highest BCUT2D eigenvalue weighted by Crippen LogP contribution is 2.45. The summed E-state index contributed by atoms with van der Waals surface area (Å²) in [5, 5.41) is 8.98. The van der Waals surface area contributed by atoms with Crippen LogP contribution in [-0.2, 0) is 4.79 Å². The monoisotopic (exact) mass is 552 g/mol. The van der Waals surface area contributed by atoms with E-state index in [1.807, 2.05) is 66.0 Å². The van der Waals surface area contributed by atoms with E-state index in [1.165, 1.54) is 18.4 Å². The van der Waals surface area contributed by atoms with Gasteiger partial charge in [-0.2, -0.15) is 0 Å². The van der Waals surface area contributed by atoms with E-state index in [0.29, 0.717) is 34.8 Å². The molecular formula is C32H28N2O5S. The second kappa shape index (κ2) is 10.9. The molecule has 2 atom stereocenters. The lowest BCUT2D eigenvalue weighted by molar-refractivity contribution is -0.116. The Morgan fingerprint density at radius 3 is 2.35 bits per heavy atom. The molecule has 0 amide bonds. The van der Waals surface area contributed by atoms with Crippen molar-refractivity contribution in [2.45, 2.75) is 24.8 Å². The van der Waals surface area contributed by atoms with Crippen LogP contribution in [-0.4, -0.2) is 26.0 Å². The largest absolute Gasteiger partial charge is 0.497 e. The molecule has 40 heavy (non-hydrogen) atoms. The second-order valence-electron chi connectivity index (χ2n) is 9.72. The van der Waals surface area contributed by atoms with Gasteiger partial charge in [-0.25, -0.2) is 4.79 Å². The Balaban J connectivity index is 1.37. The van der Waals surface area contributed by atoms with Crippen LogP contribution in [0.1, 0.15) is 45.6 Å². The number of ether oxygens (including phenoxy) is 3. The fourth-order valence-electron chi connectivity index (χ4n) is 5.35. The molecule has 0 radical (unpaired) electrons. The lowest BCUT2D eigenvalue weighted by Gasteiger charge is -2.30. The van der Waals surface area contributed by atoms with E-state index in [4.69, 9.17) is 14.2 Å². The fourth-order valence-corrected chi connectivity index (χ4v) is 5.95. The van der Waals surface area contributed by atoms with Gasteiger partial charge in [0.1, 0.15) is 10.6 Å². The summed E-state index contributed by atoms with van der Waals surface area (Å²) in [7, 11) is 3.18. The zero-order valence-electron chi connectivity index (χ0n) is 22.1.